The van der Waals surface area contributed by atoms with Gasteiger partial charge < -0.3 is 14.8 Å². The summed E-state index contributed by atoms with van der Waals surface area (Å²) in [5, 5.41) is 7.24. The molecule has 0 saturated carbocycles. The maximum atomic E-state index is 12.6. The first-order valence-corrected chi connectivity index (χ1v) is 9.52. The molecule has 6 nitrogen and oxygen atoms in total. The SMILES string of the molecule is COc1ccc(C(=O)NCc2cc(C)nn2C)cc1COc1cc(C)ccc1C. The summed E-state index contributed by atoms with van der Waals surface area (Å²) in [6.45, 7) is 6.70. The monoisotopic (exact) mass is 393 g/mol. The van der Waals surface area contributed by atoms with Gasteiger partial charge in [0.25, 0.3) is 5.91 Å². The summed E-state index contributed by atoms with van der Waals surface area (Å²) in [5.41, 5.74) is 5.45. The van der Waals surface area contributed by atoms with Crippen molar-refractivity contribution in [3.8, 4) is 11.5 Å². The molecule has 0 aliphatic carbocycles. The van der Waals surface area contributed by atoms with E-state index < -0.39 is 0 Å². The number of benzene rings is 2. The molecular formula is C23H27N3O3. The normalized spacial score (nSPS) is 10.7. The van der Waals surface area contributed by atoms with Crippen molar-refractivity contribution in [3.63, 3.8) is 0 Å². The van der Waals surface area contributed by atoms with Crippen molar-refractivity contribution in [1.29, 1.82) is 0 Å². The van der Waals surface area contributed by atoms with Crippen LogP contribution < -0.4 is 14.8 Å². The summed E-state index contributed by atoms with van der Waals surface area (Å²) in [7, 11) is 3.48. The molecule has 1 N–H and O–H groups in total. The number of nitrogens with one attached hydrogen (secondary N) is 1. The molecule has 3 aromatic rings. The number of hydrogen-bond acceptors (Lipinski definition) is 4. The Morgan fingerprint density at radius 2 is 1.86 bits per heavy atom. The lowest BCUT2D eigenvalue weighted by Crippen LogP contribution is -2.24. The largest absolute Gasteiger partial charge is 0.496 e. The Hall–Kier alpha value is -3.28. The molecule has 0 aliphatic rings. The molecule has 1 heterocycles. The molecule has 0 fully saturated rings. The predicted octanol–water partition coefficient (Wildman–Crippen LogP) is 3.86. The standard InChI is InChI=1S/C23H27N3O3/c1-15-6-7-16(2)22(10-15)29-14-19-12-18(8-9-21(19)28-5)23(27)24-13-20-11-17(3)25-26(20)4/h6-12H,13-14H2,1-5H3,(H,24,27). The Bertz CT molecular complexity index is 1020. The third-order valence-corrected chi connectivity index (χ3v) is 4.80. The van der Waals surface area contributed by atoms with Crippen molar-refractivity contribution in [2.75, 3.05) is 7.11 Å². The number of aromatic nitrogens is 2. The molecule has 0 aliphatic heterocycles. The molecule has 1 amide bonds. The molecule has 3 rings (SSSR count). The summed E-state index contributed by atoms with van der Waals surface area (Å²) in [6, 6.07) is 13.4. The van der Waals surface area contributed by atoms with Crippen LogP contribution in [0.3, 0.4) is 0 Å². The van der Waals surface area contributed by atoms with Crippen molar-refractivity contribution >= 4 is 5.91 Å². The highest BCUT2D eigenvalue weighted by molar-refractivity contribution is 5.94. The highest BCUT2D eigenvalue weighted by Gasteiger charge is 2.12. The van der Waals surface area contributed by atoms with Crippen molar-refractivity contribution in [3.05, 3.63) is 76.1 Å². The van der Waals surface area contributed by atoms with Gasteiger partial charge in [-0.2, -0.15) is 5.10 Å². The van der Waals surface area contributed by atoms with E-state index in [1.165, 1.54) is 0 Å². The van der Waals surface area contributed by atoms with Gasteiger partial charge in [0, 0.05) is 18.2 Å². The van der Waals surface area contributed by atoms with Crippen LogP contribution in [0.2, 0.25) is 0 Å². The van der Waals surface area contributed by atoms with Gasteiger partial charge in [0.05, 0.1) is 25.0 Å². The molecule has 0 radical (unpaired) electrons. The van der Waals surface area contributed by atoms with E-state index in [1.54, 1.807) is 23.9 Å². The van der Waals surface area contributed by atoms with Gasteiger partial charge in [-0.25, -0.2) is 0 Å². The molecule has 0 spiro atoms. The third-order valence-electron chi connectivity index (χ3n) is 4.80. The molecule has 1 aromatic heterocycles. The molecule has 0 saturated heterocycles. The topological polar surface area (TPSA) is 65.4 Å². The second-order valence-electron chi connectivity index (χ2n) is 7.17. The molecule has 0 bridgehead atoms. The molecule has 0 unspecified atom stereocenters. The van der Waals surface area contributed by atoms with Gasteiger partial charge >= 0.3 is 0 Å². The van der Waals surface area contributed by atoms with E-state index in [0.29, 0.717) is 24.5 Å². The fourth-order valence-corrected chi connectivity index (χ4v) is 3.15. The Kier molecular flexibility index (Phi) is 6.22. The maximum absolute atomic E-state index is 12.6. The zero-order chi connectivity index (χ0) is 21.0. The number of nitrogens with zero attached hydrogens (tertiary/aromatic N) is 2. The Morgan fingerprint density at radius 1 is 1.07 bits per heavy atom. The number of carbonyl (C=O) groups is 1. The van der Waals surface area contributed by atoms with Gasteiger partial charge in [-0.05, 0) is 62.2 Å². The summed E-state index contributed by atoms with van der Waals surface area (Å²) in [4.78, 5) is 12.6. The minimum Gasteiger partial charge on any atom is -0.496 e. The Morgan fingerprint density at radius 3 is 2.55 bits per heavy atom. The van der Waals surface area contributed by atoms with Crippen LogP contribution >= 0.6 is 0 Å². The van der Waals surface area contributed by atoms with Gasteiger partial charge in [-0.15, -0.1) is 0 Å². The number of methoxy groups -OCH3 is 1. The van der Waals surface area contributed by atoms with Crippen LogP contribution in [0.5, 0.6) is 11.5 Å². The van der Waals surface area contributed by atoms with Crippen LogP contribution in [-0.2, 0) is 20.2 Å². The average molecular weight is 393 g/mol. The molecule has 2 aromatic carbocycles. The van der Waals surface area contributed by atoms with E-state index in [4.69, 9.17) is 9.47 Å². The van der Waals surface area contributed by atoms with Crippen LogP contribution in [0.25, 0.3) is 0 Å². The molecule has 0 atom stereocenters. The second kappa shape index (κ2) is 8.82. The third kappa shape index (κ3) is 4.96. The van der Waals surface area contributed by atoms with Gasteiger partial charge in [-0.3, -0.25) is 9.48 Å². The first-order valence-electron chi connectivity index (χ1n) is 9.52. The van der Waals surface area contributed by atoms with E-state index in [-0.39, 0.29) is 5.91 Å². The zero-order valence-corrected chi connectivity index (χ0v) is 17.6. The van der Waals surface area contributed by atoms with Crippen molar-refractivity contribution < 1.29 is 14.3 Å². The first-order chi connectivity index (χ1) is 13.9. The molecule has 6 heteroatoms. The van der Waals surface area contributed by atoms with Crippen LogP contribution in [-0.4, -0.2) is 22.8 Å². The average Bonchev–Trinajstić information content (AvgIpc) is 3.03. The summed E-state index contributed by atoms with van der Waals surface area (Å²) >= 11 is 0. The van der Waals surface area contributed by atoms with E-state index >= 15 is 0 Å². The number of ether oxygens (including phenoxy) is 2. The van der Waals surface area contributed by atoms with E-state index in [9.17, 15) is 4.79 Å². The first kappa shape index (κ1) is 20.5. The van der Waals surface area contributed by atoms with E-state index in [2.05, 4.69) is 16.5 Å². The van der Waals surface area contributed by atoms with Crippen LogP contribution in [0.4, 0.5) is 0 Å². The molecular weight excluding hydrogens is 366 g/mol. The quantitative estimate of drug-likeness (QED) is 0.662. The van der Waals surface area contributed by atoms with Crippen LogP contribution in [0.1, 0.15) is 38.4 Å². The van der Waals surface area contributed by atoms with Crippen molar-refractivity contribution in [2.45, 2.75) is 33.9 Å². The van der Waals surface area contributed by atoms with Gasteiger partial charge in [0.1, 0.15) is 18.1 Å². The fourth-order valence-electron chi connectivity index (χ4n) is 3.15. The lowest BCUT2D eigenvalue weighted by Gasteiger charge is -2.14. The molecule has 29 heavy (non-hydrogen) atoms. The number of aryl methyl sites for hydroxylation is 4. The predicted molar refractivity (Wildman–Crippen MR) is 112 cm³/mol. The Balaban J connectivity index is 1.72. The van der Waals surface area contributed by atoms with Crippen molar-refractivity contribution in [1.82, 2.24) is 15.1 Å². The summed E-state index contributed by atoms with van der Waals surface area (Å²) in [5.74, 6) is 1.36. The lowest BCUT2D eigenvalue weighted by molar-refractivity contribution is 0.0950. The fraction of sp³-hybridized carbons (Fsp3) is 0.304. The van der Waals surface area contributed by atoms with Gasteiger partial charge in [0.15, 0.2) is 0 Å². The maximum Gasteiger partial charge on any atom is 0.251 e. The molecule has 152 valence electrons. The lowest BCUT2D eigenvalue weighted by atomic mass is 10.1. The summed E-state index contributed by atoms with van der Waals surface area (Å²) in [6.07, 6.45) is 0. The number of hydrogen-bond donors (Lipinski definition) is 1. The smallest absolute Gasteiger partial charge is 0.251 e. The highest BCUT2D eigenvalue weighted by Crippen LogP contribution is 2.25. The van der Waals surface area contributed by atoms with E-state index in [0.717, 1.165) is 33.8 Å². The van der Waals surface area contributed by atoms with Gasteiger partial charge in [-0.1, -0.05) is 12.1 Å². The number of rotatable bonds is 7. The second-order valence-corrected chi connectivity index (χ2v) is 7.17. The number of amides is 1. The minimum atomic E-state index is -0.153. The highest BCUT2D eigenvalue weighted by atomic mass is 16.5. The van der Waals surface area contributed by atoms with Crippen molar-refractivity contribution in [2.24, 2.45) is 7.05 Å². The van der Waals surface area contributed by atoms with E-state index in [1.807, 2.05) is 52.1 Å². The Labute approximate surface area is 171 Å². The minimum absolute atomic E-state index is 0.153. The van der Waals surface area contributed by atoms with Crippen LogP contribution in [0.15, 0.2) is 42.5 Å². The van der Waals surface area contributed by atoms with Crippen LogP contribution in [0, 0.1) is 20.8 Å². The summed E-state index contributed by atoms with van der Waals surface area (Å²) < 4.78 is 13.2. The van der Waals surface area contributed by atoms with Gasteiger partial charge in [0.2, 0.25) is 0 Å². The number of carbonyl (C=O) groups excluding carboxylic acids is 1. The zero-order valence-electron chi connectivity index (χ0n) is 17.6.